The van der Waals surface area contributed by atoms with E-state index in [1.165, 1.54) is 19.2 Å². The zero-order chi connectivity index (χ0) is 22.9. The molecule has 1 aliphatic rings. The number of aromatic nitrogens is 2. The van der Waals surface area contributed by atoms with Gasteiger partial charge in [0.1, 0.15) is 5.82 Å². The molecular formula is C21H23N5O5S. The molecule has 4 rings (SSSR count). The maximum absolute atomic E-state index is 12.3. The first kappa shape index (κ1) is 21.9. The van der Waals surface area contributed by atoms with E-state index in [9.17, 15) is 18.0 Å². The number of nitrogens with two attached hydrogens (primary N) is 1. The SMILES string of the molecule is COC(=O)c1cc(S(N)(=O)=O)ccc1N1CCN(Cc2nc3ccccc3c(=O)[nH]2)CC1. The van der Waals surface area contributed by atoms with Gasteiger partial charge in [0.05, 0.1) is 40.7 Å². The highest BCUT2D eigenvalue weighted by Gasteiger charge is 2.24. The van der Waals surface area contributed by atoms with Gasteiger partial charge in [0.25, 0.3) is 5.56 Å². The van der Waals surface area contributed by atoms with E-state index >= 15 is 0 Å². The second-order valence-corrected chi connectivity index (χ2v) is 9.07. The van der Waals surface area contributed by atoms with Gasteiger partial charge < -0.3 is 14.6 Å². The Morgan fingerprint density at radius 1 is 1.16 bits per heavy atom. The van der Waals surface area contributed by atoms with E-state index in [4.69, 9.17) is 9.88 Å². The topological polar surface area (TPSA) is 139 Å². The van der Waals surface area contributed by atoms with E-state index in [1.807, 2.05) is 17.0 Å². The summed E-state index contributed by atoms with van der Waals surface area (Å²) in [5, 5.41) is 5.76. The van der Waals surface area contributed by atoms with Gasteiger partial charge in [0.2, 0.25) is 10.0 Å². The van der Waals surface area contributed by atoms with Crippen molar-refractivity contribution in [2.24, 2.45) is 5.14 Å². The Labute approximate surface area is 184 Å². The molecule has 0 saturated carbocycles. The van der Waals surface area contributed by atoms with E-state index in [1.54, 1.807) is 18.2 Å². The average Bonchev–Trinajstić information content (AvgIpc) is 2.78. The molecule has 10 nitrogen and oxygen atoms in total. The summed E-state index contributed by atoms with van der Waals surface area (Å²) in [5.41, 5.74) is 1.22. The Kier molecular flexibility index (Phi) is 5.96. The predicted octanol–water partition coefficient (Wildman–Crippen LogP) is 0.679. The number of carbonyl (C=O) groups is 1. The molecule has 0 radical (unpaired) electrons. The second-order valence-electron chi connectivity index (χ2n) is 7.51. The standard InChI is InChI=1S/C21H23N5O5S/c1-31-21(28)16-12-14(32(22,29)30)6-7-18(16)26-10-8-25(9-11-26)13-19-23-17-5-3-2-4-15(17)20(27)24-19/h2-7,12H,8-11,13H2,1H3,(H2,22,29,30)(H,23,24,27). The van der Waals surface area contributed by atoms with Crippen molar-refractivity contribution in [3.63, 3.8) is 0 Å². The zero-order valence-electron chi connectivity index (χ0n) is 17.4. The number of H-pyrrole nitrogens is 1. The lowest BCUT2D eigenvalue weighted by Crippen LogP contribution is -2.46. The van der Waals surface area contributed by atoms with Gasteiger partial charge in [0, 0.05) is 26.2 Å². The zero-order valence-corrected chi connectivity index (χ0v) is 18.3. The highest BCUT2D eigenvalue weighted by molar-refractivity contribution is 7.89. The van der Waals surface area contributed by atoms with Crippen LogP contribution in [0.25, 0.3) is 10.9 Å². The first-order valence-electron chi connectivity index (χ1n) is 9.96. The number of methoxy groups -OCH3 is 1. The summed E-state index contributed by atoms with van der Waals surface area (Å²) in [6.45, 7) is 3.00. The number of sulfonamides is 1. The molecule has 0 bridgehead atoms. The highest BCUT2D eigenvalue weighted by atomic mass is 32.2. The van der Waals surface area contributed by atoms with Gasteiger partial charge in [-0.2, -0.15) is 0 Å². The van der Waals surface area contributed by atoms with Crippen LogP contribution in [-0.2, 0) is 21.3 Å². The molecule has 1 fully saturated rings. The fourth-order valence-electron chi connectivity index (χ4n) is 3.81. The Morgan fingerprint density at radius 3 is 2.56 bits per heavy atom. The minimum Gasteiger partial charge on any atom is -0.465 e. The minimum absolute atomic E-state index is 0.146. The number of piperazine rings is 1. The van der Waals surface area contributed by atoms with Gasteiger partial charge in [-0.3, -0.25) is 9.69 Å². The number of primary sulfonamides is 1. The van der Waals surface area contributed by atoms with E-state index in [2.05, 4.69) is 14.9 Å². The molecule has 1 saturated heterocycles. The van der Waals surface area contributed by atoms with Crippen LogP contribution in [0.4, 0.5) is 5.69 Å². The van der Waals surface area contributed by atoms with Crippen LogP contribution in [0.2, 0.25) is 0 Å². The smallest absolute Gasteiger partial charge is 0.340 e. The van der Waals surface area contributed by atoms with Gasteiger partial charge in [0.15, 0.2) is 0 Å². The quantitative estimate of drug-likeness (QED) is 0.533. The molecule has 32 heavy (non-hydrogen) atoms. The van der Waals surface area contributed by atoms with Crippen molar-refractivity contribution in [1.29, 1.82) is 0 Å². The maximum Gasteiger partial charge on any atom is 0.340 e. The van der Waals surface area contributed by atoms with Crippen molar-refractivity contribution >= 4 is 32.6 Å². The van der Waals surface area contributed by atoms with Crippen molar-refractivity contribution in [2.75, 3.05) is 38.2 Å². The number of anilines is 1. The van der Waals surface area contributed by atoms with Gasteiger partial charge in [-0.15, -0.1) is 0 Å². The molecule has 3 N–H and O–H groups in total. The van der Waals surface area contributed by atoms with Crippen LogP contribution in [0.15, 0.2) is 52.2 Å². The van der Waals surface area contributed by atoms with Crippen LogP contribution in [-0.4, -0.2) is 62.5 Å². The second kappa shape index (κ2) is 8.69. The van der Waals surface area contributed by atoms with Gasteiger partial charge in [-0.1, -0.05) is 12.1 Å². The van der Waals surface area contributed by atoms with Gasteiger partial charge in [-0.25, -0.2) is 23.3 Å². The summed E-state index contributed by atoms with van der Waals surface area (Å²) in [6.07, 6.45) is 0. The lowest BCUT2D eigenvalue weighted by molar-refractivity contribution is 0.0601. The average molecular weight is 458 g/mol. The highest BCUT2D eigenvalue weighted by Crippen LogP contribution is 2.26. The number of para-hydroxylation sites is 1. The molecule has 0 amide bonds. The number of benzene rings is 2. The van der Waals surface area contributed by atoms with Crippen molar-refractivity contribution in [3.8, 4) is 0 Å². The number of ether oxygens (including phenoxy) is 1. The molecular weight excluding hydrogens is 434 g/mol. The van der Waals surface area contributed by atoms with Crippen molar-refractivity contribution < 1.29 is 17.9 Å². The van der Waals surface area contributed by atoms with E-state index < -0.39 is 16.0 Å². The van der Waals surface area contributed by atoms with Crippen LogP contribution in [0.3, 0.4) is 0 Å². The largest absolute Gasteiger partial charge is 0.465 e. The lowest BCUT2D eigenvalue weighted by Gasteiger charge is -2.36. The van der Waals surface area contributed by atoms with Crippen LogP contribution >= 0.6 is 0 Å². The third kappa shape index (κ3) is 4.49. The number of rotatable bonds is 5. The Bertz CT molecular complexity index is 1330. The molecule has 0 aliphatic carbocycles. The Balaban J connectivity index is 1.50. The summed E-state index contributed by atoms with van der Waals surface area (Å²) in [4.78, 5) is 35.9. The number of aromatic amines is 1. The van der Waals surface area contributed by atoms with Crippen LogP contribution in [0, 0.1) is 0 Å². The summed E-state index contributed by atoms with van der Waals surface area (Å²) in [7, 11) is -2.71. The number of fused-ring (bicyclic) bond motifs is 1. The fraction of sp³-hybridized carbons (Fsp3) is 0.286. The third-order valence-corrected chi connectivity index (χ3v) is 6.36. The van der Waals surface area contributed by atoms with Gasteiger partial charge >= 0.3 is 5.97 Å². The number of nitrogens with zero attached hydrogens (tertiary/aromatic N) is 3. The molecule has 1 aliphatic heterocycles. The van der Waals surface area contributed by atoms with Crippen LogP contribution < -0.4 is 15.6 Å². The molecule has 1 aromatic heterocycles. The van der Waals surface area contributed by atoms with Crippen molar-refractivity contribution in [3.05, 3.63) is 64.2 Å². The molecule has 0 spiro atoms. The van der Waals surface area contributed by atoms with Crippen LogP contribution in [0.1, 0.15) is 16.2 Å². The van der Waals surface area contributed by atoms with E-state index in [0.717, 1.165) is 0 Å². The number of hydrogen-bond acceptors (Lipinski definition) is 8. The molecule has 168 valence electrons. The molecule has 2 aromatic carbocycles. The summed E-state index contributed by atoms with van der Waals surface area (Å²) < 4.78 is 28.2. The number of carbonyl (C=O) groups excluding carboxylic acids is 1. The Morgan fingerprint density at radius 2 is 1.88 bits per heavy atom. The summed E-state index contributed by atoms with van der Waals surface area (Å²) >= 11 is 0. The number of nitrogens with one attached hydrogen (secondary N) is 1. The third-order valence-electron chi connectivity index (χ3n) is 5.45. The van der Waals surface area contributed by atoms with E-state index in [-0.39, 0.29) is 16.0 Å². The monoisotopic (exact) mass is 457 g/mol. The lowest BCUT2D eigenvalue weighted by atomic mass is 10.1. The predicted molar refractivity (Wildman–Crippen MR) is 119 cm³/mol. The minimum atomic E-state index is -3.95. The molecule has 11 heteroatoms. The molecule has 3 aromatic rings. The number of esters is 1. The normalized spacial score (nSPS) is 15.1. The first-order valence-corrected chi connectivity index (χ1v) is 11.5. The van der Waals surface area contributed by atoms with E-state index in [0.29, 0.717) is 55.1 Å². The summed E-state index contributed by atoms with van der Waals surface area (Å²) in [6, 6.07) is 11.4. The van der Waals surface area contributed by atoms with Crippen molar-refractivity contribution in [2.45, 2.75) is 11.4 Å². The molecule has 0 unspecified atom stereocenters. The first-order chi connectivity index (χ1) is 15.3. The Hall–Kier alpha value is -3.28. The summed E-state index contributed by atoms with van der Waals surface area (Å²) in [5.74, 6) is -0.0410. The fourth-order valence-corrected chi connectivity index (χ4v) is 4.35. The molecule has 0 atom stereocenters. The van der Waals surface area contributed by atoms with Crippen molar-refractivity contribution in [1.82, 2.24) is 14.9 Å². The maximum atomic E-state index is 12.3. The van der Waals surface area contributed by atoms with Gasteiger partial charge in [-0.05, 0) is 30.3 Å². The molecule has 2 heterocycles. The number of hydrogen-bond donors (Lipinski definition) is 2. The van der Waals surface area contributed by atoms with Crippen LogP contribution in [0.5, 0.6) is 0 Å².